The highest BCUT2D eigenvalue weighted by atomic mass is 15.4. The Hall–Kier alpha value is -1.95. The molecule has 2 aromatic heterocycles. The van der Waals surface area contributed by atoms with Crippen molar-refractivity contribution in [3.63, 3.8) is 0 Å². The fourth-order valence-corrected chi connectivity index (χ4v) is 1.91. The highest BCUT2D eigenvalue weighted by Crippen LogP contribution is 2.11. The van der Waals surface area contributed by atoms with Gasteiger partial charge in [0.15, 0.2) is 11.6 Å². The van der Waals surface area contributed by atoms with Crippen molar-refractivity contribution in [2.24, 2.45) is 0 Å². The van der Waals surface area contributed by atoms with E-state index in [1.165, 1.54) is 0 Å². The number of nitrogens with zero attached hydrogens (tertiary/aromatic N) is 5. The van der Waals surface area contributed by atoms with E-state index in [-0.39, 0.29) is 0 Å². The molecule has 3 heterocycles. The van der Waals surface area contributed by atoms with Crippen molar-refractivity contribution in [2.75, 3.05) is 31.1 Å². The van der Waals surface area contributed by atoms with Crippen LogP contribution in [0.4, 0.5) is 5.82 Å². The summed E-state index contributed by atoms with van der Waals surface area (Å²) >= 11 is 0. The fourth-order valence-electron chi connectivity index (χ4n) is 1.91. The predicted molar refractivity (Wildman–Crippen MR) is 64.2 cm³/mol. The van der Waals surface area contributed by atoms with Crippen molar-refractivity contribution >= 4 is 5.82 Å². The fraction of sp³-hybridized carbons (Fsp3) is 0.364. The molecule has 2 aromatic rings. The largest absolute Gasteiger partial charge is 0.353 e. The van der Waals surface area contributed by atoms with Gasteiger partial charge in [0, 0.05) is 38.6 Å². The van der Waals surface area contributed by atoms with Crippen molar-refractivity contribution in [3.8, 4) is 5.82 Å². The first-order chi connectivity index (χ1) is 8.43. The average molecular weight is 230 g/mol. The first-order valence-corrected chi connectivity index (χ1v) is 5.73. The van der Waals surface area contributed by atoms with E-state index in [4.69, 9.17) is 0 Å². The number of hydrogen-bond donors (Lipinski definition) is 1. The molecule has 1 aliphatic heterocycles. The van der Waals surface area contributed by atoms with Gasteiger partial charge in [0.25, 0.3) is 0 Å². The number of rotatable bonds is 2. The molecule has 6 nitrogen and oxygen atoms in total. The Kier molecular flexibility index (Phi) is 2.71. The maximum absolute atomic E-state index is 4.25. The predicted octanol–water partition coefficient (Wildman–Crippen LogP) is 0.0719. The highest BCUT2D eigenvalue weighted by molar-refractivity contribution is 5.40. The van der Waals surface area contributed by atoms with Gasteiger partial charge in [-0.15, -0.1) is 10.2 Å². The number of aromatic nitrogens is 4. The van der Waals surface area contributed by atoms with E-state index < -0.39 is 0 Å². The molecule has 17 heavy (non-hydrogen) atoms. The lowest BCUT2D eigenvalue weighted by molar-refractivity contribution is 0.582. The molecule has 3 rings (SSSR count). The maximum atomic E-state index is 4.25. The molecule has 88 valence electrons. The molecule has 1 fully saturated rings. The van der Waals surface area contributed by atoms with Gasteiger partial charge in [0.2, 0.25) is 0 Å². The van der Waals surface area contributed by atoms with E-state index in [2.05, 4.69) is 25.5 Å². The van der Waals surface area contributed by atoms with Crippen molar-refractivity contribution in [1.29, 1.82) is 0 Å². The van der Waals surface area contributed by atoms with Crippen molar-refractivity contribution in [1.82, 2.24) is 25.3 Å². The van der Waals surface area contributed by atoms with Gasteiger partial charge in [0.05, 0.1) is 0 Å². The third-order valence-electron chi connectivity index (χ3n) is 2.82. The van der Waals surface area contributed by atoms with Crippen LogP contribution >= 0.6 is 0 Å². The van der Waals surface area contributed by atoms with Crippen LogP contribution in [0.1, 0.15) is 0 Å². The van der Waals surface area contributed by atoms with Crippen LogP contribution in [0.5, 0.6) is 0 Å². The molecule has 0 aliphatic carbocycles. The normalized spacial score (nSPS) is 16.1. The second-order valence-electron chi connectivity index (χ2n) is 3.94. The summed E-state index contributed by atoms with van der Waals surface area (Å²) in [5.74, 6) is 1.68. The molecule has 1 saturated heterocycles. The summed E-state index contributed by atoms with van der Waals surface area (Å²) in [6.45, 7) is 3.97. The van der Waals surface area contributed by atoms with Gasteiger partial charge in [-0.2, -0.15) is 5.10 Å². The summed E-state index contributed by atoms with van der Waals surface area (Å²) in [6, 6.07) is 5.80. The topological polar surface area (TPSA) is 58.9 Å². The van der Waals surface area contributed by atoms with E-state index in [1.54, 1.807) is 10.9 Å². The van der Waals surface area contributed by atoms with Gasteiger partial charge in [0.1, 0.15) is 0 Å². The van der Waals surface area contributed by atoms with Crippen LogP contribution in [0.2, 0.25) is 0 Å². The zero-order valence-electron chi connectivity index (χ0n) is 9.45. The third-order valence-corrected chi connectivity index (χ3v) is 2.82. The summed E-state index contributed by atoms with van der Waals surface area (Å²) in [5, 5.41) is 15.9. The van der Waals surface area contributed by atoms with Gasteiger partial charge in [-0.1, -0.05) is 0 Å². The molecule has 0 atom stereocenters. The monoisotopic (exact) mass is 230 g/mol. The minimum atomic E-state index is 0.744. The van der Waals surface area contributed by atoms with Crippen LogP contribution in [-0.4, -0.2) is 46.2 Å². The van der Waals surface area contributed by atoms with E-state index in [1.807, 2.05) is 24.4 Å². The minimum absolute atomic E-state index is 0.744. The molecule has 0 bridgehead atoms. The molecule has 0 aromatic carbocycles. The summed E-state index contributed by atoms with van der Waals surface area (Å²) < 4.78 is 1.70. The highest BCUT2D eigenvalue weighted by Gasteiger charge is 2.11. The molecule has 0 amide bonds. The maximum Gasteiger partial charge on any atom is 0.175 e. The lowest BCUT2D eigenvalue weighted by Crippen LogP contribution is -2.44. The van der Waals surface area contributed by atoms with E-state index in [9.17, 15) is 0 Å². The zero-order chi connectivity index (χ0) is 11.5. The van der Waals surface area contributed by atoms with Gasteiger partial charge >= 0.3 is 0 Å². The Bertz CT molecular complexity index is 457. The SMILES string of the molecule is c1cnn(-c2ccc(N3CCNCC3)nn2)c1. The van der Waals surface area contributed by atoms with Gasteiger partial charge in [-0.3, -0.25) is 0 Å². The van der Waals surface area contributed by atoms with Crippen LogP contribution in [0.15, 0.2) is 30.6 Å². The van der Waals surface area contributed by atoms with E-state index >= 15 is 0 Å². The lowest BCUT2D eigenvalue weighted by Gasteiger charge is -2.27. The molecular formula is C11H14N6. The van der Waals surface area contributed by atoms with Crippen molar-refractivity contribution < 1.29 is 0 Å². The Labute approximate surface area is 99.3 Å². The van der Waals surface area contributed by atoms with Crippen LogP contribution in [0, 0.1) is 0 Å². The van der Waals surface area contributed by atoms with E-state index in [0.29, 0.717) is 0 Å². The molecule has 6 heteroatoms. The molecule has 1 N–H and O–H groups in total. The Morgan fingerprint density at radius 3 is 2.47 bits per heavy atom. The Balaban J connectivity index is 1.80. The molecular weight excluding hydrogens is 216 g/mol. The number of piperazine rings is 1. The van der Waals surface area contributed by atoms with Crippen LogP contribution in [0.3, 0.4) is 0 Å². The minimum Gasteiger partial charge on any atom is -0.353 e. The smallest absolute Gasteiger partial charge is 0.175 e. The molecule has 0 saturated carbocycles. The van der Waals surface area contributed by atoms with Crippen molar-refractivity contribution in [2.45, 2.75) is 0 Å². The molecule has 1 aliphatic rings. The molecule has 0 spiro atoms. The second kappa shape index (κ2) is 4.50. The van der Waals surface area contributed by atoms with E-state index in [0.717, 1.165) is 37.8 Å². The Morgan fingerprint density at radius 2 is 1.82 bits per heavy atom. The Morgan fingerprint density at radius 1 is 1.06 bits per heavy atom. The van der Waals surface area contributed by atoms with Crippen LogP contribution in [0.25, 0.3) is 5.82 Å². The zero-order valence-corrected chi connectivity index (χ0v) is 9.45. The summed E-state index contributed by atoms with van der Waals surface area (Å²) in [7, 11) is 0. The first kappa shape index (κ1) is 10.2. The first-order valence-electron chi connectivity index (χ1n) is 5.73. The lowest BCUT2D eigenvalue weighted by atomic mass is 10.3. The molecule has 0 radical (unpaired) electrons. The number of anilines is 1. The third kappa shape index (κ3) is 2.12. The second-order valence-corrected chi connectivity index (χ2v) is 3.94. The van der Waals surface area contributed by atoms with Crippen molar-refractivity contribution in [3.05, 3.63) is 30.6 Å². The summed E-state index contributed by atoms with van der Waals surface area (Å²) in [5.41, 5.74) is 0. The molecule has 0 unspecified atom stereocenters. The van der Waals surface area contributed by atoms with Crippen LogP contribution < -0.4 is 10.2 Å². The number of hydrogen-bond acceptors (Lipinski definition) is 5. The quantitative estimate of drug-likeness (QED) is 0.791. The van der Waals surface area contributed by atoms with Gasteiger partial charge in [-0.05, 0) is 18.2 Å². The summed E-state index contributed by atoms with van der Waals surface area (Å²) in [4.78, 5) is 2.23. The van der Waals surface area contributed by atoms with Crippen LogP contribution in [-0.2, 0) is 0 Å². The average Bonchev–Trinajstić information content (AvgIpc) is 2.94. The summed E-state index contributed by atoms with van der Waals surface area (Å²) in [6.07, 6.45) is 3.58. The van der Waals surface area contributed by atoms with Gasteiger partial charge < -0.3 is 10.2 Å². The number of nitrogens with one attached hydrogen (secondary N) is 1. The standard InChI is InChI=1S/C11H14N6/c1-4-13-17(7-1)11-3-2-10(14-15-11)16-8-5-12-6-9-16/h1-4,7,12H,5-6,8-9H2. The van der Waals surface area contributed by atoms with Gasteiger partial charge in [-0.25, -0.2) is 4.68 Å².